The highest BCUT2D eigenvalue weighted by atomic mass is 32.2. The molecule has 0 aliphatic heterocycles. The van der Waals surface area contributed by atoms with Crippen molar-refractivity contribution < 1.29 is 39.9 Å². The molecule has 1 fully saturated rings. The summed E-state index contributed by atoms with van der Waals surface area (Å²) in [5, 5.41) is 0. The van der Waals surface area contributed by atoms with E-state index >= 15 is 0 Å². The van der Waals surface area contributed by atoms with Crippen LogP contribution in [0.15, 0.2) is 23.2 Å². The molecule has 168 valence electrons. The molecule has 0 N–H and O–H groups in total. The number of carbonyl (C=O) groups excluding carboxylic acids is 1. The summed E-state index contributed by atoms with van der Waals surface area (Å²) in [5.74, 6) is -13.3. The second-order valence-corrected chi connectivity index (χ2v) is 8.79. The number of rotatable bonds is 7. The van der Waals surface area contributed by atoms with Crippen molar-refractivity contribution in [1.82, 2.24) is 9.29 Å². The molecule has 0 amide bonds. The van der Waals surface area contributed by atoms with Crippen molar-refractivity contribution in [2.75, 3.05) is 6.61 Å². The van der Waals surface area contributed by atoms with Crippen molar-refractivity contribution in [2.45, 2.75) is 43.7 Å². The first kappa shape index (κ1) is 23.1. The van der Waals surface area contributed by atoms with Crippen LogP contribution >= 0.6 is 0 Å². The first-order valence-corrected chi connectivity index (χ1v) is 10.5. The molecule has 0 unspecified atom stereocenters. The number of benzene rings is 1. The number of halogens is 5. The topological polar surface area (TPSA) is 76.6 Å². The number of esters is 1. The fourth-order valence-electron chi connectivity index (χ4n) is 3.07. The Hall–Kier alpha value is -2.60. The molecule has 3 rings (SSSR count). The summed E-state index contributed by atoms with van der Waals surface area (Å²) in [5.41, 5.74) is -1.03. The van der Waals surface area contributed by atoms with Crippen LogP contribution in [0.4, 0.5) is 22.0 Å². The van der Waals surface area contributed by atoms with Crippen LogP contribution in [0.5, 0.6) is 0 Å². The lowest BCUT2D eigenvalue weighted by molar-refractivity contribution is -0.149. The highest BCUT2D eigenvalue weighted by Gasteiger charge is 2.61. The number of nitrogens with zero attached hydrogens (tertiary/aromatic N) is 2. The minimum absolute atomic E-state index is 0.0632. The van der Waals surface area contributed by atoms with E-state index in [-0.39, 0.29) is 25.1 Å². The van der Waals surface area contributed by atoms with Gasteiger partial charge in [0.1, 0.15) is 5.54 Å². The van der Waals surface area contributed by atoms with Crippen molar-refractivity contribution in [3.05, 3.63) is 58.7 Å². The zero-order valence-electron chi connectivity index (χ0n) is 16.4. The number of aryl methyl sites for hydroxylation is 1. The van der Waals surface area contributed by atoms with E-state index in [4.69, 9.17) is 4.74 Å². The van der Waals surface area contributed by atoms with Gasteiger partial charge in [-0.1, -0.05) is 6.07 Å². The molecule has 1 aromatic carbocycles. The molecule has 0 spiro atoms. The van der Waals surface area contributed by atoms with E-state index in [9.17, 15) is 35.2 Å². The summed E-state index contributed by atoms with van der Waals surface area (Å²) in [6.07, 6.45) is 1.26. The summed E-state index contributed by atoms with van der Waals surface area (Å²) >= 11 is 0. The van der Waals surface area contributed by atoms with Crippen LogP contribution in [0.25, 0.3) is 0 Å². The largest absolute Gasteiger partial charge is 0.465 e. The number of carbonyl (C=O) groups is 1. The van der Waals surface area contributed by atoms with Crippen LogP contribution in [0.2, 0.25) is 0 Å². The van der Waals surface area contributed by atoms with E-state index in [0.29, 0.717) is 4.31 Å². The van der Waals surface area contributed by atoms with Gasteiger partial charge in [-0.05, 0) is 38.3 Å². The van der Waals surface area contributed by atoms with Crippen LogP contribution in [-0.2, 0) is 26.1 Å². The maximum atomic E-state index is 14.3. The number of hydrogen-bond donors (Lipinski definition) is 0. The van der Waals surface area contributed by atoms with Gasteiger partial charge in [0, 0.05) is 6.20 Å². The Labute approximate surface area is 174 Å². The van der Waals surface area contributed by atoms with Gasteiger partial charge >= 0.3 is 5.97 Å². The van der Waals surface area contributed by atoms with E-state index < -0.39 is 62.1 Å². The summed E-state index contributed by atoms with van der Waals surface area (Å²) in [6, 6.07) is 2.99. The van der Waals surface area contributed by atoms with E-state index in [1.807, 2.05) is 0 Å². The Bertz CT molecular complexity index is 1110. The maximum Gasteiger partial charge on any atom is 0.327 e. The molecule has 2 aromatic rings. The minimum Gasteiger partial charge on any atom is -0.465 e. The van der Waals surface area contributed by atoms with E-state index in [1.54, 1.807) is 13.0 Å². The van der Waals surface area contributed by atoms with Crippen LogP contribution in [0.3, 0.4) is 0 Å². The molecule has 12 heteroatoms. The molecule has 1 saturated carbocycles. The molecular formula is C19H17F5N2O4S. The van der Waals surface area contributed by atoms with Crippen molar-refractivity contribution in [1.29, 1.82) is 0 Å². The molecule has 0 atom stereocenters. The average molecular weight is 464 g/mol. The van der Waals surface area contributed by atoms with Crippen molar-refractivity contribution in [3.63, 3.8) is 0 Å². The highest BCUT2D eigenvalue weighted by molar-refractivity contribution is 7.89. The standard InChI is InChI=1S/C19H17F5N2O4S/c1-3-30-18(27)19(6-7-19)26(9-11-5-4-10(2)8-25-11)31(28,29)17-15(23)13(21)12(20)14(22)16(17)24/h4-5,8H,3,6-7,9H2,1-2H3. The second kappa shape index (κ2) is 8.15. The Morgan fingerprint density at radius 1 is 1.06 bits per heavy atom. The van der Waals surface area contributed by atoms with Gasteiger partial charge in [0.2, 0.25) is 5.82 Å². The Morgan fingerprint density at radius 2 is 1.61 bits per heavy atom. The molecule has 1 aromatic heterocycles. The summed E-state index contributed by atoms with van der Waals surface area (Å²) in [4.78, 5) is 14.5. The molecular weight excluding hydrogens is 447 g/mol. The number of ether oxygens (including phenoxy) is 1. The number of aromatic nitrogens is 1. The van der Waals surface area contributed by atoms with Gasteiger partial charge in [0.15, 0.2) is 28.2 Å². The zero-order valence-corrected chi connectivity index (χ0v) is 17.2. The predicted octanol–water partition coefficient (Wildman–Crippen LogP) is 3.37. The van der Waals surface area contributed by atoms with Crippen molar-refractivity contribution in [3.8, 4) is 0 Å². The highest BCUT2D eigenvalue weighted by Crippen LogP contribution is 2.47. The minimum atomic E-state index is -5.40. The number of pyridine rings is 1. The van der Waals surface area contributed by atoms with Crippen LogP contribution < -0.4 is 0 Å². The smallest absolute Gasteiger partial charge is 0.327 e. The normalized spacial score (nSPS) is 15.2. The molecule has 0 radical (unpaired) electrons. The fraction of sp³-hybridized carbons (Fsp3) is 0.368. The Balaban J connectivity index is 2.20. The zero-order chi connectivity index (χ0) is 23.1. The van der Waals surface area contributed by atoms with Gasteiger partial charge in [-0.15, -0.1) is 0 Å². The van der Waals surface area contributed by atoms with E-state index in [0.717, 1.165) is 5.56 Å². The third kappa shape index (κ3) is 3.89. The first-order chi connectivity index (χ1) is 14.5. The van der Waals surface area contributed by atoms with Gasteiger partial charge in [0.25, 0.3) is 10.0 Å². The average Bonchev–Trinajstić information content (AvgIpc) is 3.52. The van der Waals surface area contributed by atoms with Crippen LogP contribution in [0, 0.1) is 36.0 Å². The number of hydrogen-bond acceptors (Lipinski definition) is 5. The third-order valence-electron chi connectivity index (χ3n) is 4.85. The SMILES string of the molecule is CCOC(=O)C1(N(Cc2ccc(C)cn2)S(=O)(=O)c2c(F)c(F)c(F)c(F)c2F)CC1. The maximum absolute atomic E-state index is 14.3. The lowest BCUT2D eigenvalue weighted by Gasteiger charge is -2.29. The molecule has 6 nitrogen and oxygen atoms in total. The molecule has 0 saturated heterocycles. The molecule has 1 aliphatic carbocycles. The van der Waals surface area contributed by atoms with Gasteiger partial charge in [0.05, 0.1) is 18.8 Å². The predicted molar refractivity (Wildman–Crippen MR) is 96.5 cm³/mol. The van der Waals surface area contributed by atoms with E-state index in [1.165, 1.54) is 19.2 Å². The quantitative estimate of drug-likeness (QED) is 0.272. The van der Waals surface area contributed by atoms with Crippen molar-refractivity contribution in [2.24, 2.45) is 0 Å². The fourth-order valence-corrected chi connectivity index (χ4v) is 4.94. The molecule has 1 aliphatic rings. The third-order valence-corrected chi connectivity index (χ3v) is 6.79. The van der Waals surface area contributed by atoms with E-state index in [2.05, 4.69) is 4.98 Å². The summed E-state index contributed by atoms with van der Waals surface area (Å²) in [7, 11) is -5.40. The molecule has 1 heterocycles. The van der Waals surface area contributed by atoms with Gasteiger partial charge < -0.3 is 4.74 Å². The Morgan fingerprint density at radius 3 is 2.06 bits per heavy atom. The number of sulfonamides is 1. The van der Waals surface area contributed by atoms with Gasteiger partial charge in [-0.25, -0.2) is 30.4 Å². The van der Waals surface area contributed by atoms with Crippen molar-refractivity contribution >= 4 is 16.0 Å². The molecule has 0 bridgehead atoms. The Kier molecular flexibility index (Phi) is 6.07. The lowest BCUT2D eigenvalue weighted by atomic mass is 10.2. The summed E-state index contributed by atoms with van der Waals surface area (Å²) in [6.45, 7) is 2.42. The monoisotopic (exact) mass is 464 g/mol. The van der Waals surface area contributed by atoms with Crippen LogP contribution in [0.1, 0.15) is 31.0 Å². The van der Waals surface area contributed by atoms with Gasteiger partial charge in [-0.2, -0.15) is 4.31 Å². The van der Waals surface area contributed by atoms with Crippen LogP contribution in [-0.4, -0.2) is 35.8 Å². The van der Waals surface area contributed by atoms with Gasteiger partial charge in [-0.3, -0.25) is 9.78 Å². The molecule has 31 heavy (non-hydrogen) atoms. The first-order valence-electron chi connectivity index (χ1n) is 9.10. The summed E-state index contributed by atoms with van der Waals surface area (Å²) < 4.78 is 101. The second-order valence-electron chi connectivity index (χ2n) is 6.99. The lowest BCUT2D eigenvalue weighted by Crippen LogP contribution is -2.48.